The summed E-state index contributed by atoms with van der Waals surface area (Å²) in [5.41, 5.74) is 0.443. The molecule has 0 saturated carbocycles. The SMILES string of the molecule is COC(=O)C1(NCC(F)(F)F)Cc2ccccc2C1. The molecule has 0 unspecified atom stereocenters. The van der Waals surface area contributed by atoms with Crippen LogP contribution in [0.1, 0.15) is 11.1 Å². The van der Waals surface area contributed by atoms with Gasteiger partial charge in [0.2, 0.25) is 0 Å². The van der Waals surface area contributed by atoms with Gasteiger partial charge in [-0.25, -0.2) is 0 Å². The number of halogens is 3. The largest absolute Gasteiger partial charge is 0.468 e. The molecular weight excluding hydrogens is 259 g/mol. The molecule has 0 heterocycles. The molecule has 0 saturated heterocycles. The van der Waals surface area contributed by atoms with Gasteiger partial charge in [-0.15, -0.1) is 0 Å². The first-order valence-electron chi connectivity index (χ1n) is 5.83. The van der Waals surface area contributed by atoms with Crippen molar-refractivity contribution in [2.24, 2.45) is 0 Å². The van der Waals surface area contributed by atoms with Crippen LogP contribution in [-0.2, 0) is 22.4 Å². The third kappa shape index (κ3) is 2.89. The van der Waals surface area contributed by atoms with Crippen molar-refractivity contribution in [3.63, 3.8) is 0 Å². The van der Waals surface area contributed by atoms with Gasteiger partial charge in [0.15, 0.2) is 0 Å². The molecule has 0 spiro atoms. The molecule has 1 N–H and O–H groups in total. The van der Waals surface area contributed by atoms with Gasteiger partial charge in [0.25, 0.3) is 0 Å². The van der Waals surface area contributed by atoms with Crippen molar-refractivity contribution in [2.75, 3.05) is 13.7 Å². The van der Waals surface area contributed by atoms with Crippen LogP contribution in [0.2, 0.25) is 0 Å². The molecule has 19 heavy (non-hydrogen) atoms. The highest BCUT2D eigenvalue weighted by Gasteiger charge is 2.46. The maximum atomic E-state index is 12.4. The molecule has 1 aromatic carbocycles. The molecule has 0 aromatic heterocycles. The lowest BCUT2D eigenvalue weighted by Crippen LogP contribution is -2.56. The van der Waals surface area contributed by atoms with E-state index in [1.807, 2.05) is 12.1 Å². The van der Waals surface area contributed by atoms with Crippen LogP contribution >= 0.6 is 0 Å². The zero-order chi connectivity index (χ0) is 14.1. The average molecular weight is 273 g/mol. The molecule has 1 aliphatic carbocycles. The molecule has 2 rings (SSSR count). The maximum absolute atomic E-state index is 12.4. The summed E-state index contributed by atoms with van der Waals surface area (Å²) in [7, 11) is 1.18. The predicted octanol–water partition coefficient (Wildman–Crippen LogP) is 1.85. The minimum Gasteiger partial charge on any atom is -0.468 e. The molecule has 1 aliphatic rings. The second-order valence-electron chi connectivity index (χ2n) is 4.66. The standard InChI is InChI=1S/C13H14F3NO2/c1-19-11(18)12(17-8-13(14,15)16)6-9-4-2-3-5-10(9)7-12/h2-5,17H,6-8H2,1H3. The van der Waals surface area contributed by atoms with E-state index >= 15 is 0 Å². The molecule has 104 valence electrons. The third-order valence-electron chi connectivity index (χ3n) is 3.31. The molecule has 0 radical (unpaired) electrons. The smallest absolute Gasteiger partial charge is 0.401 e. The van der Waals surface area contributed by atoms with E-state index in [0.717, 1.165) is 11.1 Å². The van der Waals surface area contributed by atoms with Crippen LogP contribution in [0, 0.1) is 0 Å². The Morgan fingerprint density at radius 2 is 1.84 bits per heavy atom. The number of nitrogens with one attached hydrogen (secondary N) is 1. The van der Waals surface area contributed by atoms with Gasteiger partial charge in [-0.1, -0.05) is 24.3 Å². The van der Waals surface area contributed by atoms with E-state index in [1.54, 1.807) is 12.1 Å². The Labute approximate surface area is 108 Å². The minimum atomic E-state index is -4.37. The molecular formula is C13H14F3NO2. The normalized spacial score (nSPS) is 17.1. The van der Waals surface area contributed by atoms with Gasteiger partial charge in [-0.05, 0) is 11.1 Å². The number of hydrogen-bond acceptors (Lipinski definition) is 3. The zero-order valence-corrected chi connectivity index (χ0v) is 10.4. The zero-order valence-electron chi connectivity index (χ0n) is 10.4. The first-order chi connectivity index (χ1) is 8.86. The Bertz CT molecular complexity index is 460. The summed E-state index contributed by atoms with van der Waals surface area (Å²) >= 11 is 0. The number of hydrogen-bond donors (Lipinski definition) is 1. The number of methoxy groups -OCH3 is 1. The molecule has 3 nitrogen and oxygen atoms in total. The lowest BCUT2D eigenvalue weighted by atomic mass is 9.95. The van der Waals surface area contributed by atoms with Crippen molar-refractivity contribution < 1.29 is 22.7 Å². The van der Waals surface area contributed by atoms with Crippen molar-refractivity contribution in [3.05, 3.63) is 35.4 Å². The van der Waals surface area contributed by atoms with E-state index in [2.05, 4.69) is 10.1 Å². The van der Waals surface area contributed by atoms with Crippen LogP contribution in [0.25, 0.3) is 0 Å². The first kappa shape index (κ1) is 13.9. The van der Waals surface area contributed by atoms with Crippen molar-refractivity contribution >= 4 is 5.97 Å². The Kier molecular flexibility index (Phi) is 3.54. The van der Waals surface area contributed by atoms with Crippen LogP contribution in [0.5, 0.6) is 0 Å². The molecule has 0 fully saturated rings. The van der Waals surface area contributed by atoms with Crippen LogP contribution in [-0.4, -0.2) is 31.3 Å². The fourth-order valence-corrected chi connectivity index (χ4v) is 2.42. The topological polar surface area (TPSA) is 38.3 Å². The lowest BCUT2D eigenvalue weighted by Gasteiger charge is -2.28. The van der Waals surface area contributed by atoms with Crippen molar-refractivity contribution in [1.82, 2.24) is 5.32 Å². The van der Waals surface area contributed by atoms with E-state index < -0.39 is 24.2 Å². The van der Waals surface area contributed by atoms with Gasteiger partial charge in [0, 0.05) is 12.8 Å². The number of benzene rings is 1. The Morgan fingerprint density at radius 1 is 1.32 bits per heavy atom. The Morgan fingerprint density at radius 3 is 2.26 bits per heavy atom. The molecule has 6 heteroatoms. The number of esters is 1. The van der Waals surface area contributed by atoms with Crippen LogP contribution < -0.4 is 5.32 Å². The average Bonchev–Trinajstić information content (AvgIpc) is 2.74. The minimum absolute atomic E-state index is 0.214. The number of carbonyl (C=O) groups is 1. The fourth-order valence-electron chi connectivity index (χ4n) is 2.42. The van der Waals surface area contributed by atoms with E-state index in [-0.39, 0.29) is 12.8 Å². The van der Waals surface area contributed by atoms with Crippen molar-refractivity contribution in [3.8, 4) is 0 Å². The number of fused-ring (bicyclic) bond motifs is 1. The van der Waals surface area contributed by atoms with Gasteiger partial charge in [-0.3, -0.25) is 10.1 Å². The van der Waals surface area contributed by atoms with Gasteiger partial charge in [-0.2, -0.15) is 13.2 Å². The summed E-state index contributed by atoms with van der Waals surface area (Å²) in [6, 6.07) is 7.23. The number of rotatable bonds is 3. The van der Waals surface area contributed by atoms with Crippen LogP contribution in [0.3, 0.4) is 0 Å². The maximum Gasteiger partial charge on any atom is 0.401 e. The van der Waals surface area contributed by atoms with Gasteiger partial charge in [0.1, 0.15) is 5.54 Å². The van der Waals surface area contributed by atoms with Crippen LogP contribution in [0.15, 0.2) is 24.3 Å². The van der Waals surface area contributed by atoms with E-state index in [0.29, 0.717) is 0 Å². The highest BCUT2D eigenvalue weighted by Crippen LogP contribution is 2.31. The van der Waals surface area contributed by atoms with Crippen molar-refractivity contribution in [1.29, 1.82) is 0 Å². The van der Waals surface area contributed by atoms with E-state index in [4.69, 9.17) is 0 Å². The molecule has 1 aromatic rings. The number of carbonyl (C=O) groups excluding carboxylic acids is 1. The van der Waals surface area contributed by atoms with E-state index in [1.165, 1.54) is 7.11 Å². The monoisotopic (exact) mass is 273 g/mol. The molecule has 0 amide bonds. The summed E-state index contributed by atoms with van der Waals surface area (Å²) < 4.78 is 41.7. The highest BCUT2D eigenvalue weighted by molar-refractivity contribution is 5.83. The second-order valence-corrected chi connectivity index (χ2v) is 4.66. The summed E-state index contributed by atoms with van der Waals surface area (Å²) in [6.45, 7) is -1.21. The number of ether oxygens (including phenoxy) is 1. The fraction of sp³-hybridized carbons (Fsp3) is 0.462. The third-order valence-corrected chi connectivity index (χ3v) is 3.31. The summed E-state index contributed by atoms with van der Waals surface area (Å²) in [5.74, 6) is -0.659. The van der Waals surface area contributed by atoms with Gasteiger partial charge < -0.3 is 4.74 Å². The first-order valence-corrected chi connectivity index (χ1v) is 5.83. The molecule has 0 atom stereocenters. The highest BCUT2D eigenvalue weighted by atomic mass is 19.4. The quantitative estimate of drug-likeness (QED) is 0.854. The van der Waals surface area contributed by atoms with Gasteiger partial charge >= 0.3 is 12.1 Å². The molecule has 0 aliphatic heterocycles. The second kappa shape index (κ2) is 4.85. The Hall–Kier alpha value is -1.56. The predicted molar refractivity (Wildman–Crippen MR) is 62.7 cm³/mol. The van der Waals surface area contributed by atoms with Gasteiger partial charge in [0.05, 0.1) is 13.7 Å². The van der Waals surface area contributed by atoms with Crippen LogP contribution in [0.4, 0.5) is 13.2 Å². The summed E-state index contributed by atoms with van der Waals surface area (Å²) in [5, 5.41) is 2.33. The lowest BCUT2D eigenvalue weighted by molar-refractivity contribution is -0.153. The van der Waals surface area contributed by atoms with Crippen molar-refractivity contribution in [2.45, 2.75) is 24.6 Å². The molecule has 0 bridgehead atoms. The summed E-state index contributed by atoms with van der Waals surface area (Å²) in [4.78, 5) is 11.9. The van der Waals surface area contributed by atoms with E-state index in [9.17, 15) is 18.0 Å². The Balaban J connectivity index is 2.22. The number of alkyl halides is 3. The summed E-state index contributed by atoms with van der Waals surface area (Å²) in [6.07, 6.45) is -3.94.